The molecule has 0 saturated carbocycles. The van der Waals surface area contributed by atoms with E-state index in [-0.39, 0.29) is 45.4 Å². The lowest BCUT2D eigenvalue weighted by Crippen LogP contribution is -2.31. The van der Waals surface area contributed by atoms with E-state index in [1.807, 2.05) is 24.3 Å². The number of hydrogen-bond acceptors (Lipinski definition) is 15. The van der Waals surface area contributed by atoms with Gasteiger partial charge in [-0.05, 0) is 42.5 Å². The van der Waals surface area contributed by atoms with Crippen LogP contribution in [0.15, 0.2) is 67.8 Å². The average Bonchev–Trinajstić information content (AvgIpc) is 3.56. The molecule has 3 aromatic rings. The minimum absolute atomic E-state index is 0.0466. The van der Waals surface area contributed by atoms with Crippen molar-refractivity contribution in [1.82, 2.24) is 0 Å². The molecule has 6 rings (SSSR count). The first-order valence-electron chi connectivity index (χ1n) is 20.7. The summed E-state index contributed by atoms with van der Waals surface area (Å²) in [5.74, 6) is 0.472. The second-order valence-electron chi connectivity index (χ2n) is 14.1. The summed E-state index contributed by atoms with van der Waals surface area (Å²) < 4.78 is 78.1. The molecule has 15 heteroatoms. The highest BCUT2D eigenvalue weighted by Gasteiger charge is 2.50. The minimum Gasteiger partial charge on any atom is -0.508 e. The predicted molar refractivity (Wildman–Crippen MR) is 221 cm³/mol. The quantitative estimate of drug-likeness (QED) is 0.234. The van der Waals surface area contributed by atoms with E-state index in [2.05, 4.69) is 13.2 Å². The number of cyclic esters (lactones) is 1. The molecule has 3 aliphatic heterocycles. The van der Waals surface area contributed by atoms with Gasteiger partial charge in [0.2, 0.25) is 0 Å². The van der Waals surface area contributed by atoms with Crippen LogP contribution in [0.4, 0.5) is 0 Å². The van der Waals surface area contributed by atoms with Crippen LogP contribution < -0.4 is 9.47 Å². The maximum absolute atomic E-state index is 14.1. The monoisotopic (exact) mass is 850 g/mol. The summed E-state index contributed by atoms with van der Waals surface area (Å²) in [6.45, 7) is 14.6. The van der Waals surface area contributed by atoms with Crippen molar-refractivity contribution < 1.29 is 71.5 Å². The number of benzene rings is 3. The van der Waals surface area contributed by atoms with Crippen molar-refractivity contribution in [2.24, 2.45) is 0 Å². The molecule has 0 aromatic heterocycles. The Morgan fingerprint density at radius 3 is 1.16 bits per heavy atom. The zero-order chi connectivity index (χ0) is 42.5. The van der Waals surface area contributed by atoms with Gasteiger partial charge in [-0.2, -0.15) is 0 Å². The lowest BCUT2D eigenvalue weighted by atomic mass is 9.77. The number of esters is 1. The molecule has 4 bridgehead atoms. The first-order valence-corrected chi connectivity index (χ1v) is 20.7. The van der Waals surface area contributed by atoms with E-state index in [1.165, 1.54) is 6.07 Å². The van der Waals surface area contributed by atoms with Crippen LogP contribution in [0, 0.1) is 0 Å². The number of ether oxygens (including phenoxy) is 13. The predicted octanol–water partition coefficient (Wildman–Crippen LogP) is 5.18. The van der Waals surface area contributed by atoms with Gasteiger partial charge in [-0.15, -0.1) is 0 Å². The van der Waals surface area contributed by atoms with Crippen molar-refractivity contribution in [2.75, 3.05) is 119 Å². The Hall–Kier alpha value is -4.39. The maximum atomic E-state index is 14.1. The molecule has 15 nitrogen and oxygen atoms in total. The van der Waals surface area contributed by atoms with E-state index in [1.54, 1.807) is 24.3 Å². The summed E-state index contributed by atoms with van der Waals surface area (Å²) in [6, 6.07) is 12.2. The molecule has 3 heterocycles. The third-order valence-electron chi connectivity index (χ3n) is 9.84. The van der Waals surface area contributed by atoms with E-state index in [9.17, 15) is 9.90 Å². The number of carbonyl (C=O) groups is 1. The van der Waals surface area contributed by atoms with E-state index in [4.69, 9.17) is 61.6 Å². The Morgan fingerprint density at radius 1 is 0.508 bits per heavy atom. The fraction of sp³-hybridized carbons (Fsp3) is 0.500. The highest BCUT2D eigenvalue weighted by atomic mass is 16.6. The largest absolute Gasteiger partial charge is 0.508 e. The Labute approximate surface area is 357 Å². The van der Waals surface area contributed by atoms with Crippen LogP contribution in [0.2, 0.25) is 0 Å². The Bertz CT molecular complexity index is 1690. The molecule has 0 unspecified atom stereocenters. The third kappa shape index (κ3) is 12.8. The number of aromatic hydroxyl groups is 1. The number of phenols is 1. The maximum Gasteiger partial charge on any atom is 0.340 e. The molecule has 0 saturated heterocycles. The first kappa shape index (κ1) is 46.1. The van der Waals surface area contributed by atoms with Gasteiger partial charge in [0.25, 0.3) is 0 Å². The van der Waals surface area contributed by atoms with Gasteiger partial charge >= 0.3 is 5.97 Å². The molecule has 0 atom stereocenters. The second kappa shape index (κ2) is 24.9. The summed E-state index contributed by atoms with van der Waals surface area (Å²) in [6.07, 6.45) is 3.32. The van der Waals surface area contributed by atoms with E-state index in [0.29, 0.717) is 162 Å². The highest BCUT2D eigenvalue weighted by molar-refractivity contribution is 5.96. The second-order valence-corrected chi connectivity index (χ2v) is 14.1. The van der Waals surface area contributed by atoms with Gasteiger partial charge in [-0.1, -0.05) is 25.3 Å². The van der Waals surface area contributed by atoms with E-state index < -0.39 is 11.6 Å². The molecule has 3 aliphatic rings. The minimum atomic E-state index is -1.61. The molecule has 332 valence electrons. The summed E-state index contributed by atoms with van der Waals surface area (Å²) in [7, 11) is 0. The number of rotatable bonds is 8. The van der Waals surface area contributed by atoms with Crippen molar-refractivity contribution >= 4 is 5.97 Å². The molecule has 0 fully saturated rings. The van der Waals surface area contributed by atoms with E-state index >= 15 is 0 Å². The first-order chi connectivity index (χ1) is 30.0. The standard InChI is InChI=1S/C46H58O15/c1-3-7-59-43-34-25-38(26-35(43)31-56-22-18-52-14-10-49-9-13-51-17-21-55-30-34)46(42-29-40(47)5-6-41(42)45(48)61-46)39-27-36-32-57-23-19-53-15-11-50-12-16-54-20-24-58-33-37(28-39)44(36)60-8-4-2/h3-6,25-29,47H,1-2,7-24,30-33H2. The normalized spacial score (nSPS) is 19.4. The summed E-state index contributed by atoms with van der Waals surface area (Å²) in [5.41, 5.74) is 2.90. The highest BCUT2D eigenvalue weighted by Crippen LogP contribution is 2.51. The lowest BCUT2D eigenvalue weighted by Gasteiger charge is -2.33. The summed E-state index contributed by atoms with van der Waals surface area (Å²) in [4.78, 5) is 14.1. The Kier molecular flexibility index (Phi) is 18.8. The zero-order valence-corrected chi connectivity index (χ0v) is 34.8. The van der Waals surface area contributed by atoms with Gasteiger partial charge in [-0.25, -0.2) is 4.79 Å². The van der Waals surface area contributed by atoms with Crippen LogP contribution in [0.1, 0.15) is 49.3 Å². The van der Waals surface area contributed by atoms with Crippen LogP contribution in [0.3, 0.4) is 0 Å². The number of fused-ring (bicyclic) bond motifs is 5. The SMILES string of the molecule is C=CCOc1c2cc(C3(c4cc5c(OCC=C)c(c4)COCCOCCOCCOCCOC5)OC(=O)c4ccc(O)cc43)cc1COCCOCCOCCOCCOC2. The van der Waals surface area contributed by atoms with Crippen LogP contribution >= 0.6 is 0 Å². The van der Waals surface area contributed by atoms with Crippen LogP contribution in [-0.4, -0.2) is 130 Å². The molecule has 61 heavy (non-hydrogen) atoms. The fourth-order valence-corrected chi connectivity index (χ4v) is 7.13. The smallest absolute Gasteiger partial charge is 0.340 e. The van der Waals surface area contributed by atoms with Gasteiger partial charge in [-0.3, -0.25) is 0 Å². The fourth-order valence-electron chi connectivity index (χ4n) is 7.13. The van der Waals surface area contributed by atoms with Crippen molar-refractivity contribution in [1.29, 1.82) is 0 Å². The molecule has 3 aromatic carbocycles. The molecular formula is C46H58O15. The van der Waals surface area contributed by atoms with Crippen LogP contribution in [0.25, 0.3) is 0 Å². The molecule has 0 amide bonds. The topological polar surface area (TPSA) is 157 Å². The number of hydrogen-bond donors (Lipinski definition) is 1. The molecule has 0 radical (unpaired) electrons. The van der Waals surface area contributed by atoms with Gasteiger partial charge < -0.3 is 66.7 Å². The van der Waals surface area contributed by atoms with Gasteiger partial charge in [0.1, 0.15) is 30.5 Å². The van der Waals surface area contributed by atoms with Crippen molar-refractivity contribution in [3.63, 3.8) is 0 Å². The van der Waals surface area contributed by atoms with E-state index in [0.717, 1.165) is 0 Å². The number of carbonyl (C=O) groups excluding carboxylic acids is 1. The van der Waals surface area contributed by atoms with Gasteiger partial charge in [0, 0.05) is 38.9 Å². The lowest BCUT2D eigenvalue weighted by molar-refractivity contribution is -0.0150. The average molecular weight is 851 g/mol. The summed E-state index contributed by atoms with van der Waals surface area (Å²) in [5, 5.41) is 11.0. The van der Waals surface area contributed by atoms with Gasteiger partial charge in [0.15, 0.2) is 5.60 Å². The Morgan fingerprint density at radius 2 is 0.836 bits per heavy atom. The third-order valence-corrected chi connectivity index (χ3v) is 9.84. The van der Waals surface area contributed by atoms with Crippen LogP contribution in [-0.2, 0) is 84.1 Å². The summed E-state index contributed by atoms with van der Waals surface area (Å²) >= 11 is 0. The molecule has 0 aliphatic carbocycles. The van der Waals surface area contributed by atoms with Crippen molar-refractivity contribution in [3.8, 4) is 17.2 Å². The zero-order valence-electron chi connectivity index (χ0n) is 34.8. The van der Waals surface area contributed by atoms with Crippen molar-refractivity contribution in [3.05, 3.63) is 112 Å². The Balaban J connectivity index is 1.52. The van der Waals surface area contributed by atoms with Crippen LogP contribution in [0.5, 0.6) is 17.2 Å². The molecule has 0 spiro atoms. The molecule has 1 N–H and O–H groups in total. The molecular weight excluding hydrogens is 792 g/mol. The van der Waals surface area contributed by atoms with Gasteiger partial charge in [0.05, 0.1) is 138 Å². The van der Waals surface area contributed by atoms with Crippen molar-refractivity contribution in [2.45, 2.75) is 32.0 Å². The number of phenolic OH excluding ortho intramolecular Hbond substituents is 1.